The highest BCUT2D eigenvalue weighted by molar-refractivity contribution is 6.00. The van der Waals surface area contributed by atoms with Gasteiger partial charge in [-0.05, 0) is 54.9 Å². The molecule has 1 saturated heterocycles. The number of methoxy groups -OCH3 is 2. The summed E-state index contributed by atoms with van der Waals surface area (Å²) >= 11 is 0. The van der Waals surface area contributed by atoms with Crippen molar-refractivity contribution in [3.05, 3.63) is 59.3 Å². The summed E-state index contributed by atoms with van der Waals surface area (Å²) in [6.45, 7) is 7.33. The first-order valence-corrected chi connectivity index (χ1v) is 13.1. The molecular formula is C29H36N4O5. The molecule has 0 unspecified atom stereocenters. The van der Waals surface area contributed by atoms with Crippen molar-refractivity contribution in [2.24, 2.45) is 0 Å². The quantitative estimate of drug-likeness (QED) is 0.450. The highest BCUT2D eigenvalue weighted by Gasteiger charge is 2.56. The predicted octanol–water partition coefficient (Wildman–Crippen LogP) is 2.93. The van der Waals surface area contributed by atoms with Crippen LogP contribution in [0.1, 0.15) is 36.7 Å². The van der Waals surface area contributed by atoms with Crippen molar-refractivity contribution < 1.29 is 24.2 Å². The maximum Gasteiger partial charge on any atom is 0.249 e. The third kappa shape index (κ3) is 4.39. The van der Waals surface area contributed by atoms with Crippen LogP contribution in [0.4, 0.5) is 0 Å². The topological polar surface area (TPSA) is 98.3 Å². The Bertz CT molecular complexity index is 1350. The molecule has 9 heteroatoms. The van der Waals surface area contributed by atoms with Crippen molar-refractivity contribution in [1.82, 2.24) is 19.7 Å². The fourth-order valence-electron chi connectivity index (χ4n) is 5.99. The van der Waals surface area contributed by atoms with Gasteiger partial charge in [0.2, 0.25) is 11.8 Å². The van der Waals surface area contributed by atoms with Crippen molar-refractivity contribution in [1.29, 1.82) is 0 Å². The number of H-pyrrole nitrogens is 1. The van der Waals surface area contributed by atoms with Crippen molar-refractivity contribution in [3.63, 3.8) is 0 Å². The predicted molar refractivity (Wildman–Crippen MR) is 144 cm³/mol. The monoisotopic (exact) mass is 520 g/mol. The number of nitrogens with zero attached hydrogens (tertiary/aromatic N) is 3. The van der Waals surface area contributed by atoms with Crippen molar-refractivity contribution in [2.45, 2.75) is 31.8 Å². The second kappa shape index (κ2) is 10.3. The number of aromatic hydroxyl groups is 1. The Labute approximate surface area is 222 Å². The minimum Gasteiger partial charge on any atom is -0.508 e. The van der Waals surface area contributed by atoms with E-state index in [2.05, 4.69) is 16.8 Å². The SMILES string of the molecule is CCN(CCOC)CCN1CC(=O)N2[C@H](c3cccc(O)c3)c3[nH]c4ccc(OC)cc4c3C[C@@]2(C)C1=O. The van der Waals surface area contributed by atoms with Crippen molar-refractivity contribution >= 4 is 22.7 Å². The normalized spacial score (nSPS) is 21.2. The molecule has 0 saturated carbocycles. The van der Waals surface area contributed by atoms with Gasteiger partial charge in [0, 0.05) is 49.8 Å². The van der Waals surface area contributed by atoms with Crippen LogP contribution >= 0.6 is 0 Å². The zero-order chi connectivity index (χ0) is 27.0. The molecule has 2 amide bonds. The molecule has 38 heavy (non-hydrogen) atoms. The maximum atomic E-state index is 14.2. The number of phenols is 1. The summed E-state index contributed by atoms with van der Waals surface area (Å²) in [5, 5.41) is 11.3. The van der Waals surface area contributed by atoms with E-state index in [1.54, 1.807) is 42.2 Å². The number of likely N-dealkylation sites (N-methyl/N-ethyl adjacent to an activating group) is 1. The fourth-order valence-corrected chi connectivity index (χ4v) is 5.99. The van der Waals surface area contributed by atoms with Gasteiger partial charge in [-0.15, -0.1) is 0 Å². The summed E-state index contributed by atoms with van der Waals surface area (Å²) in [6, 6.07) is 12.2. The van der Waals surface area contributed by atoms with E-state index in [0.717, 1.165) is 46.6 Å². The summed E-state index contributed by atoms with van der Waals surface area (Å²) in [4.78, 5) is 37.2. The fraction of sp³-hybridized carbons (Fsp3) is 0.448. The number of amides is 2. The number of carbonyl (C=O) groups is 2. The van der Waals surface area contributed by atoms with E-state index in [0.29, 0.717) is 26.1 Å². The molecule has 0 bridgehead atoms. The highest BCUT2D eigenvalue weighted by atomic mass is 16.5. The van der Waals surface area contributed by atoms with Crippen molar-refractivity contribution in [3.8, 4) is 11.5 Å². The van der Waals surface area contributed by atoms with Crippen LogP contribution in [0.5, 0.6) is 11.5 Å². The molecule has 0 spiro atoms. The molecule has 0 radical (unpaired) electrons. The Balaban J connectivity index is 1.58. The van der Waals surface area contributed by atoms with Gasteiger partial charge in [-0.3, -0.25) is 14.5 Å². The number of benzene rings is 2. The highest BCUT2D eigenvalue weighted by Crippen LogP contribution is 2.47. The van der Waals surface area contributed by atoms with Crippen LogP contribution in [0.15, 0.2) is 42.5 Å². The zero-order valence-corrected chi connectivity index (χ0v) is 22.5. The molecule has 2 aliphatic rings. The first kappa shape index (κ1) is 26.1. The van der Waals surface area contributed by atoms with E-state index in [-0.39, 0.29) is 24.1 Å². The van der Waals surface area contributed by atoms with Crippen LogP contribution in [0, 0.1) is 0 Å². The van der Waals surface area contributed by atoms with Crippen LogP contribution < -0.4 is 4.74 Å². The van der Waals surface area contributed by atoms with Gasteiger partial charge in [0.1, 0.15) is 17.0 Å². The number of nitrogens with one attached hydrogen (secondary N) is 1. The van der Waals surface area contributed by atoms with E-state index in [1.807, 2.05) is 31.2 Å². The van der Waals surface area contributed by atoms with E-state index >= 15 is 0 Å². The molecule has 0 aliphatic carbocycles. The van der Waals surface area contributed by atoms with E-state index in [4.69, 9.17) is 9.47 Å². The van der Waals surface area contributed by atoms with Crippen LogP contribution in [-0.2, 0) is 20.7 Å². The Morgan fingerprint density at radius 2 is 1.97 bits per heavy atom. The number of hydrogen-bond donors (Lipinski definition) is 2. The largest absolute Gasteiger partial charge is 0.508 e. The molecule has 5 rings (SSSR count). The molecule has 1 aromatic heterocycles. The number of phenolic OH excluding ortho intramolecular Hbond substituents is 1. The molecule has 2 atom stereocenters. The Hall–Kier alpha value is -3.56. The standard InChI is InChI=1S/C29H36N4O5/c1-5-31(13-14-37-3)11-12-32-18-25(35)33-27(19-7-6-8-20(34)15-19)26-23(17-29(33,2)28(32)36)22-16-21(38-4)9-10-24(22)30-26/h6-10,15-16,27,30,34H,5,11-14,17-18H2,1-4H3/t27-,29+/m1/s1. The second-order valence-electron chi connectivity index (χ2n) is 10.3. The third-order valence-electron chi connectivity index (χ3n) is 8.00. The number of ether oxygens (including phenoxy) is 2. The molecule has 2 aromatic carbocycles. The Kier molecular flexibility index (Phi) is 7.07. The molecule has 3 aromatic rings. The van der Waals surface area contributed by atoms with Crippen LogP contribution in [0.2, 0.25) is 0 Å². The van der Waals surface area contributed by atoms with Gasteiger partial charge in [-0.2, -0.15) is 0 Å². The molecule has 9 nitrogen and oxygen atoms in total. The van der Waals surface area contributed by atoms with Gasteiger partial charge in [-0.1, -0.05) is 19.1 Å². The van der Waals surface area contributed by atoms with E-state index in [9.17, 15) is 14.7 Å². The second-order valence-corrected chi connectivity index (χ2v) is 10.3. The van der Waals surface area contributed by atoms with Gasteiger partial charge < -0.3 is 29.4 Å². The van der Waals surface area contributed by atoms with Crippen LogP contribution in [0.3, 0.4) is 0 Å². The third-order valence-corrected chi connectivity index (χ3v) is 8.00. The number of carbonyl (C=O) groups excluding carboxylic acids is 2. The lowest BCUT2D eigenvalue weighted by Crippen LogP contribution is -2.70. The minimum atomic E-state index is -1.08. The summed E-state index contributed by atoms with van der Waals surface area (Å²) in [7, 11) is 3.31. The summed E-state index contributed by atoms with van der Waals surface area (Å²) in [6.07, 6.45) is 0.382. The van der Waals surface area contributed by atoms with Crippen LogP contribution in [-0.4, -0.2) is 95.7 Å². The number of fused-ring (bicyclic) bond motifs is 4. The van der Waals surface area contributed by atoms with Gasteiger partial charge in [0.15, 0.2) is 0 Å². The van der Waals surface area contributed by atoms with Crippen molar-refractivity contribution in [2.75, 3.05) is 53.6 Å². The molecule has 2 N–H and O–H groups in total. The summed E-state index contributed by atoms with van der Waals surface area (Å²) in [5.41, 5.74) is 2.44. The Morgan fingerprint density at radius 1 is 1.16 bits per heavy atom. The maximum absolute atomic E-state index is 14.2. The van der Waals surface area contributed by atoms with E-state index in [1.165, 1.54) is 0 Å². The van der Waals surface area contributed by atoms with Gasteiger partial charge in [0.05, 0.1) is 26.3 Å². The van der Waals surface area contributed by atoms with Gasteiger partial charge in [0.25, 0.3) is 0 Å². The lowest BCUT2D eigenvalue weighted by molar-refractivity contribution is -0.167. The molecule has 202 valence electrons. The van der Waals surface area contributed by atoms with E-state index < -0.39 is 11.6 Å². The summed E-state index contributed by atoms with van der Waals surface area (Å²) < 4.78 is 10.7. The summed E-state index contributed by atoms with van der Waals surface area (Å²) in [5.74, 6) is 0.668. The average molecular weight is 521 g/mol. The van der Waals surface area contributed by atoms with Gasteiger partial charge >= 0.3 is 0 Å². The number of piperazine rings is 1. The molecule has 1 fully saturated rings. The first-order chi connectivity index (χ1) is 18.3. The molecule has 3 heterocycles. The average Bonchev–Trinajstić information content (AvgIpc) is 3.27. The first-order valence-electron chi connectivity index (χ1n) is 13.1. The Morgan fingerprint density at radius 3 is 2.68 bits per heavy atom. The lowest BCUT2D eigenvalue weighted by Gasteiger charge is -2.53. The number of rotatable bonds is 9. The molecule has 2 aliphatic heterocycles. The number of aromatic amines is 1. The van der Waals surface area contributed by atoms with Crippen LogP contribution in [0.25, 0.3) is 10.9 Å². The smallest absolute Gasteiger partial charge is 0.249 e. The molecular weight excluding hydrogens is 484 g/mol. The number of hydrogen-bond acceptors (Lipinski definition) is 6. The minimum absolute atomic E-state index is 0.0228. The lowest BCUT2D eigenvalue weighted by atomic mass is 9.78. The van der Waals surface area contributed by atoms with Gasteiger partial charge in [-0.25, -0.2) is 0 Å². The number of aromatic nitrogens is 1. The zero-order valence-electron chi connectivity index (χ0n) is 22.5.